The average Bonchev–Trinajstić information content (AvgIpc) is 2.82. The molecule has 134 valence electrons. The lowest BCUT2D eigenvalue weighted by atomic mass is 9.98. The second-order valence-electron chi connectivity index (χ2n) is 5.80. The molecular formula is C15H17F5N2O2. The van der Waals surface area contributed by atoms with Gasteiger partial charge in [-0.3, -0.25) is 4.90 Å². The highest BCUT2D eigenvalue weighted by Gasteiger charge is 2.45. The lowest BCUT2D eigenvalue weighted by molar-refractivity contribution is -0.287. The summed E-state index contributed by atoms with van der Waals surface area (Å²) in [6.45, 7) is 2.32. The molecule has 0 saturated carbocycles. The Balaban J connectivity index is 1.90. The van der Waals surface area contributed by atoms with Crippen molar-refractivity contribution in [2.45, 2.75) is 31.4 Å². The van der Waals surface area contributed by atoms with Gasteiger partial charge in [-0.15, -0.1) is 8.78 Å². The lowest BCUT2D eigenvalue weighted by Gasteiger charge is -2.35. The van der Waals surface area contributed by atoms with Gasteiger partial charge in [-0.2, -0.15) is 13.2 Å². The highest BCUT2D eigenvalue weighted by molar-refractivity contribution is 5.50. The van der Waals surface area contributed by atoms with Gasteiger partial charge in [0.15, 0.2) is 11.5 Å². The first-order valence-electron chi connectivity index (χ1n) is 7.65. The molecule has 24 heavy (non-hydrogen) atoms. The maximum atomic E-state index is 13.3. The van der Waals surface area contributed by atoms with E-state index in [4.69, 9.17) is 0 Å². The third-order valence-electron chi connectivity index (χ3n) is 4.11. The number of nitrogens with one attached hydrogen (secondary N) is 1. The summed E-state index contributed by atoms with van der Waals surface area (Å²) >= 11 is 0. The summed E-state index contributed by atoms with van der Waals surface area (Å²) < 4.78 is 73.7. The van der Waals surface area contributed by atoms with Gasteiger partial charge in [-0.25, -0.2) is 0 Å². The van der Waals surface area contributed by atoms with Gasteiger partial charge in [0.25, 0.3) is 0 Å². The summed E-state index contributed by atoms with van der Waals surface area (Å²) in [6, 6.07) is 3.66. The number of ether oxygens (including phenoxy) is 2. The molecule has 0 aliphatic carbocycles. The first-order chi connectivity index (χ1) is 11.3. The zero-order valence-corrected chi connectivity index (χ0v) is 12.7. The average molecular weight is 352 g/mol. The van der Waals surface area contributed by atoms with E-state index in [1.54, 1.807) is 0 Å². The molecule has 0 aromatic heterocycles. The van der Waals surface area contributed by atoms with Crippen LogP contribution in [0.25, 0.3) is 0 Å². The van der Waals surface area contributed by atoms with Crippen LogP contribution in [0.1, 0.15) is 24.4 Å². The molecule has 2 aliphatic rings. The number of nitrogens with zero attached hydrogens (tertiary/aromatic N) is 1. The van der Waals surface area contributed by atoms with Gasteiger partial charge in [-0.1, -0.05) is 12.1 Å². The Kier molecular flexibility index (Phi) is 4.56. The number of hydrogen-bond donors (Lipinski definition) is 1. The Morgan fingerprint density at radius 1 is 1.17 bits per heavy atom. The molecule has 4 nitrogen and oxygen atoms in total. The molecule has 1 aromatic rings. The Morgan fingerprint density at radius 2 is 1.88 bits per heavy atom. The van der Waals surface area contributed by atoms with Gasteiger partial charge < -0.3 is 14.8 Å². The molecule has 1 fully saturated rings. The quantitative estimate of drug-likeness (QED) is 0.843. The Morgan fingerprint density at radius 3 is 2.54 bits per heavy atom. The molecule has 0 unspecified atom stereocenters. The highest BCUT2D eigenvalue weighted by Crippen LogP contribution is 2.47. The maximum absolute atomic E-state index is 13.3. The van der Waals surface area contributed by atoms with Crippen molar-refractivity contribution in [3.8, 4) is 11.5 Å². The van der Waals surface area contributed by atoms with E-state index >= 15 is 0 Å². The van der Waals surface area contributed by atoms with E-state index in [9.17, 15) is 22.0 Å². The van der Waals surface area contributed by atoms with Crippen molar-refractivity contribution in [1.29, 1.82) is 0 Å². The fourth-order valence-corrected chi connectivity index (χ4v) is 3.08. The van der Waals surface area contributed by atoms with Crippen LogP contribution in [0.3, 0.4) is 0 Å². The topological polar surface area (TPSA) is 33.7 Å². The summed E-state index contributed by atoms with van der Waals surface area (Å²) in [5.41, 5.74) is 0.302. The van der Waals surface area contributed by atoms with Gasteiger partial charge >= 0.3 is 12.5 Å². The van der Waals surface area contributed by atoms with Crippen LogP contribution in [0.15, 0.2) is 18.2 Å². The molecule has 0 radical (unpaired) electrons. The molecule has 1 saturated heterocycles. The zero-order valence-electron chi connectivity index (χ0n) is 12.7. The summed E-state index contributed by atoms with van der Waals surface area (Å²) in [5, 5.41) is 3.12. The molecule has 2 aliphatic heterocycles. The normalized spacial score (nSPS) is 21.7. The van der Waals surface area contributed by atoms with Crippen molar-refractivity contribution in [3.05, 3.63) is 23.8 Å². The minimum atomic E-state index is -4.31. The fraction of sp³-hybridized carbons (Fsp3) is 0.600. The van der Waals surface area contributed by atoms with Crippen molar-refractivity contribution in [3.63, 3.8) is 0 Å². The summed E-state index contributed by atoms with van der Waals surface area (Å²) in [7, 11) is 0. The van der Waals surface area contributed by atoms with Crippen LogP contribution in [-0.2, 0) is 0 Å². The number of fused-ring (bicyclic) bond motifs is 1. The van der Waals surface area contributed by atoms with Crippen LogP contribution < -0.4 is 14.8 Å². The Bertz CT molecular complexity index is 588. The first-order valence-corrected chi connectivity index (χ1v) is 7.65. The SMILES string of the molecule is FC(F)(F)CC[C@@H](c1cccc2c1OC(F)(F)O2)N1CCNCC1. The van der Waals surface area contributed by atoms with Crippen molar-refractivity contribution >= 4 is 0 Å². The molecule has 0 amide bonds. The number of alkyl halides is 5. The molecule has 0 bridgehead atoms. The zero-order chi connectivity index (χ0) is 17.4. The summed E-state index contributed by atoms with van der Waals surface area (Å²) in [6.07, 6.45) is -9.33. The first kappa shape index (κ1) is 17.2. The Hall–Kier alpha value is -1.61. The van der Waals surface area contributed by atoms with Crippen molar-refractivity contribution < 1.29 is 31.4 Å². The summed E-state index contributed by atoms with van der Waals surface area (Å²) in [5.74, 6) is -0.321. The minimum Gasteiger partial charge on any atom is -0.395 e. The number of rotatable bonds is 4. The van der Waals surface area contributed by atoms with Crippen LogP contribution in [0.2, 0.25) is 0 Å². The van der Waals surface area contributed by atoms with Gasteiger partial charge in [0.1, 0.15) is 0 Å². The van der Waals surface area contributed by atoms with Crippen LogP contribution in [-0.4, -0.2) is 43.5 Å². The third-order valence-corrected chi connectivity index (χ3v) is 4.11. The van der Waals surface area contributed by atoms with Gasteiger partial charge in [0, 0.05) is 44.2 Å². The monoisotopic (exact) mass is 352 g/mol. The van der Waals surface area contributed by atoms with Gasteiger partial charge in [0.2, 0.25) is 0 Å². The van der Waals surface area contributed by atoms with E-state index < -0.39 is 24.9 Å². The van der Waals surface area contributed by atoms with E-state index in [1.807, 2.05) is 4.90 Å². The number of piperazine rings is 1. The van der Waals surface area contributed by atoms with Gasteiger partial charge in [0.05, 0.1) is 0 Å². The van der Waals surface area contributed by atoms with Crippen molar-refractivity contribution in [2.24, 2.45) is 0 Å². The lowest BCUT2D eigenvalue weighted by Crippen LogP contribution is -2.45. The van der Waals surface area contributed by atoms with Crippen molar-refractivity contribution in [2.75, 3.05) is 26.2 Å². The molecule has 1 N–H and O–H groups in total. The van der Waals surface area contributed by atoms with Crippen LogP contribution in [0.4, 0.5) is 22.0 Å². The number of halogens is 5. The molecule has 9 heteroatoms. The van der Waals surface area contributed by atoms with Crippen LogP contribution in [0, 0.1) is 0 Å². The molecule has 3 rings (SSSR count). The molecule has 0 spiro atoms. The molecule has 1 aromatic carbocycles. The smallest absolute Gasteiger partial charge is 0.395 e. The van der Waals surface area contributed by atoms with Crippen LogP contribution in [0.5, 0.6) is 11.5 Å². The summed E-state index contributed by atoms with van der Waals surface area (Å²) in [4.78, 5) is 1.86. The fourth-order valence-electron chi connectivity index (χ4n) is 3.08. The standard InChI is InChI=1S/C15H17F5N2O2/c16-14(17,18)5-4-11(22-8-6-21-7-9-22)10-2-1-3-12-13(10)24-15(19,20)23-12/h1-3,11,21H,4-9H2/t11-/m0/s1. The van der Waals surface area contributed by atoms with E-state index in [0.29, 0.717) is 31.7 Å². The second-order valence-corrected chi connectivity index (χ2v) is 5.80. The number of hydrogen-bond acceptors (Lipinski definition) is 4. The second kappa shape index (κ2) is 6.36. The highest BCUT2D eigenvalue weighted by atomic mass is 19.4. The number of benzene rings is 1. The predicted octanol–water partition coefficient (Wildman–Crippen LogP) is 3.30. The number of para-hydroxylation sites is 1. The third kappa shape index (κ3) is 3.89. The predicted molar refractivity (Wildman–Crippen MR) is 75.1 cm³/mol. The Labute approximate surface area is 135 Å². The van der Waals surface area contributed by atoms with Gasteiger partial charge in [-0.05, 0) is 12.5 Å². The minimum absolute atomic E-state index is 0.148. The molecular weight excluding hydrogens is 335 g/mol. The largest absolute Gasteiger partial charge is 0.586 e. The van der Waals surface area contributed by atoms with E-state index in [2.05, 4.69) is 14.8 Å². The van der Waals surface area contributed by atoms with Crippen LogP contribution >= 0.6 is 0 Å². The molecule has 2 heterocycles. The van der Waals surface area contributed by atoms with E-state index in [-0.39, 0.29) is 17.9 Å². The van der Waals surface area contributed by atoms with E-state index in [0.717, 1.165) is 0 Å². The van der Waals surface area contributed by atoms with E-state index in [1.165, 1.54) is 18.2 Å². The maximum Gasteiger partial charge on any atom is 0.586 e. The van der Waals surface area contributed by atoms with Crippen molar-refractivity contribution in [1.82, 2.24) is 10.2 Å². The molecule has 1 atom stereocenters.